The summed E-state index contributed by atoms with van der Waals surface area (Å²) in [6.45, 7) is 1.79. The normalized spacial score (nSPS) is 21.7. The fourth-order valence-corrected chi connectivity index (χ4v) is 2.79. The van der Waals surface area contributed by atoms with E-state index >= 15 is 0 Å². The molecule has 23 heavy (non-hydrogen) atoms. The number of anilines is 1. The molecule has 2 heterocycles. The van der Waals surface area contributed by atoms with Gasteiger partial charge in [-0.1, -0.05) is 0 Å². The van der Waals surface area contributed by atoms with Crippen molar-refractivity contribution < 1.29 is 14.4 Å². The van der Waals surface area contributed by atoms with Crippen molar-refractivity contribution in [1.82, 2.24) is 16.1 Å². The van der Waals surface area contributed by atoms with E-state index in [1.165, 1.54) is 5.01 Å². The van der Waals surface area contributed by atoms with E-state index in [4.69, 9.17) is 0 Å². The molecule has 1 atom stereocenters. The predicted molar refractivity (Wildman–Crippen MR) is 84.7 cm³/mol. The second kappa shape index (κ2) is 6.78. The van der Waals surface area contributed by atoms with Crippen molar-refractivity contribution in [2.75, 3.05) is 18.1 Å². The van der Waals surface area contributed by atoms with Gasteiger partial charge in [-0.05, 0) is 43.7 Å². The Bertz CT molecular complexity index is 608. The van der Waals surface area contributed by atoms with Crippen molar-refractivity contribution in [3.05, 3.63) is 29.8 Å². The van der Waals surface area contributed by atoms with E-state index in [1.54, 1.807) is 24.3 Å². The van der Waals surface area contributed by atoms with Gasteiger partial charge in [0.2, 0.25) is 11.8 Å². The highest BCUT2D eigenvalue weighted by Gasteiger charge is 2.24. The van der Waals surface area contributed by atoms with Crippen LogP contribution >= 0.6 is 0 Å². The number of hydrogen-bond donors (Lipinski definition) is 3. The van der Waals surface area contributed by atoms with Crippen molar-refractivity contribution in [1.29, 1.82) is 0 Å². The Kier molecular flexibility index (Phi) is 4.57. The van der Waals surface area contributed by atoms with Gasteiger partial charge in [-0.3, -0.25) is 19.8 Å². The highest BCUT2D eigenvalue weighted by Crippen LogP contribution is 2.18. The second-order valence-electron chi connectivity index (χ2n) is 5.83. The van der Waals surface area contributed by atoms with Gasteiger partial charge in [0.05, 0.1) is 5.69 Å². The Morgan fingerprint density at radius 3 is 2.65 bits per heavy atom. The summed E-state index contributed by atoms with van der Waals surface area (Å²) < 4.78 is 0. The fraction of sp³-hybridized carbons (Fsp3) is 0.438. The van der Waals surface area contributed by atoms with Crippen molar-refractivity contribution in [2.45, 2.75) is 31.7 Å². The van der Waals surface area contributed by atoms with Crippen LogP contribution in [0.4, 0.5) is 5.69 Å². The predicted octanol–water partition coefficient (Wildman–Crippen LogP) is 0.326. The minimum atomic E-state index is -0.184. The van der Waals surface area contributed by atoms with Crippen molar-refractivity contribution >= 4 is 23.4 Å². The Balaban J connectivity index is 1.65. The lowest BCUT2D eigenvalue weighted by molar-refractivity contribution is -0.130. The molecule has 3 N–H and O–H groups in total. The van der Waals surface area contributed by atoms with Gasteiger partial charge in [-0.25, -0.2) is 5.01 Å². The minimum absolute atomic E-state index is 0.126. The highest BCUT2D eigenvalue weighted by atomic mass is 16.2. The van der Waals surface area contributed by atoms with Crippen LogP contribution in [0.2, 0.25) is 0 Å². The first-order valence-electron chi connectivity index (χ1n) is 7.87. The molecule has 0 aromatic heterocycles. The largest absolute Gasteiger partial charge is 0.348 e. The lowest BCUT2D eigenvalue weighted by Crippen LogP contribution is -2.50. The lowest BCUT2D eigenvalue weighted by atomic mass is 10.1. The number of hydrazine groups is 1. The van der Waals surface area contributed by atoms with Gasteiger partial charge in [-0.2, -0.15) is 0 Å². The molecule has 1 unspecified atom stereocenters. The molecule has 0 aliphatic carbocycles. The molecule has 3 amide bonds. The topological polar surface area (TPSA) is 90.5 Å². The first-order chi connectivity index (χ1) is 11.1. The number of rotatable bonds is 3. The van der Waals surface area contributed by atoms with Crippen molar-refractivity contribution in [2.24, 2.45) is 0 Å². The standard InChI is InChI=1S/C16H20N4O3/c21-14-7-8-15(22)20(19-14)13-5-3-11(4-6-13)16(23)18-12-2-1-9-17-10-12/h3-6,12,17H,1-2,7-10H2,(H,18,23)(H,19,21). The number of piperidine rings is 1. The summed E-state index contributed by atoms with van der Waals surface area (Å²) in [7, 11) is 0. The molecule has 3 rings (SSSR count). The number of carbonyl (C=O) groups excluding carboxylic acids is 3. The molecule has 0 saturated carbocycles. The van der Waals surface area contributed by atoms with Crippen LogP contribution in [0.5, 0.6) is 0 Å². The van der Waals surface area contributed by atoms with Gasteiger partial charge in [0.1, 0.15) is 0 Å². The average molecular weight is 316 g/mol. The molecule has 2 saturated heterocycles. The number of carbonyl (C=O) groups is 3. The summed E-state index contributed by atoms with van der Waals surface area (Å²) in [5.41, 5.74) is 3.62. The van der Waals surface area contributed by atoms with Crippen LogP contribution in [-0.2, 0) is 9.59 Å². The summed E-state index contributed by atoms with van der Waals surface area (Å²) in [4.78, 5) is 35.5. The van der Waals surface area contributed by atoms with E-state index in [0.29, 0.717) is 11.3 Å². The van der Waals surface area contributed by atoms with E-state index in [9.17, 15) is 14.4 Å². The molecule has 1 aromatic carbocycles. The summed E-state index contributed by atoms with van der Waals surface area (Å²) in [5, 5.41) is 7.49. The third kappa shape index (κ3) is 3.68. The molecular weight excluding hydrogens is 296 g/mol. The first-order valence-corrected chi connectivity index (χ1v) is 7.87. The number of nitrogens with zero attached hydrogens (tertiary/aromatic N) is 1. The van der Waals surface area contributed by atoms with Crippen molar-refractivity contribution in [3.8, 4) is 0 Å². The molecule has 0 bridgehead atoms. The number of benzene rings is 1. The van der Waals surface area contributed by atoms with Crippen molar-refractivity contribution in [3.63, 3.8) is 0 Å². The molecule has 122 valence electrons. The third-order valence-corrected chi connectivity index (χ3v) is 4.07. The zero-order valence-electron chi connectivity index (χ0n) is 12.8. The summed E-state index contributed by atoms with van der Waals surface area (Å²) in [6, 6.07) is 6.80. The van der Waals surface area contributed by atoms with E-state index in [2.05, 4.69) is 16.1 Å². The number of hydrogen-bond acceptors (Lipinski definition) is 4. The molecule has 7 heteroatoms. The molecule has 1 aromatic rings. The second-order valence-corrected chi connectivity index (χ2v) is 5.83. The fourth-order valence-electron chi connectivity index (χ4n) is 2.79. The summed E-state index contributed by atoms with van der Waals surface area (Å²) >= 11 is 0. The molecule has 0 spiro atoms. The van der Waals surface area contributed by atoms with Gasteiger partial charge in [0.25, 0.3) is 5.91 Å². The molecule has 0 radical (unpaired) electrons. The smallest absolute Gasteiger partial charge is 0.251 e. The minimum Gasteiger partial charge on any atom is -0.348 e. The van der Waals surface area contributed by atoms with Crippen LogP contribution in [0.25, 0.3) is 0 Å². The third-order valence-electron chi connectivity index (χ3n) is 4.07. The summed E-state index contributed by atoms with van der Waals surface area (Å²) in [5.74, 6) is -0.467. The molecule has 2 aliphatic rings. The van der Waals surface area contributed by atoms with E-state index in [0.717, 1.165) is 25.9 Å². The maximum absolute atomic E-state index is 12.2. The van der Waals surface area contributed by atoms with E-state index in [-0.39, 0.29) is 36.6 Å². The first kappa shape index (κ1) is 15.5. The van der Waals surface area contributed by atoms with Gasteiger partial charge >= 0.3 is 0 Å². The Hall–Kier alpha value is -2.41. The van der Waals surface area contributed by atoms with E-state index < -0.39 is 0 Å². The Labute approximate surface area is 134 Å². The Morgan fingerprint density at radius 2 is 1.96 bits per heavy atom. The van der Waals surface area contributed by atoms with Crippen LogP contribution in [0.1, 0.15) is 36.0 Å². The molecule has 2 aliphatic heterocycles. The zero-order chi connectivity index (χ0) is 16.2. The van der Waals surface area contributed by atoms with Gasteiger partial charge in [0.15, 0.2) is 0 Å². The van der Waals surface area contributed by atoms with Crippen LogP contribution in [0.3, 0.4) is 0 Å². The van der Waals surface area contributed by atoms with Crippen LogP contribution in [-0.4, -0.2) is 36.9 Å². The Morgan fingerprint density at radius 1 is 1.17 bits per heavy atom. The van der Waals surface area contributed by atoms with Crippen LogP contribution < -0.4 is 21.1 Å². The van der Waals surface area contributed by atoms with Crippen LogP contribution in [0, 0.1) is 0 Å². The van der Waals surface area contributed by atoms with Gasteiger partial charge < -0.3 is 10.6 Å². The highest BCUT2D eigenvalue weighted by molar-refractivity contribution is 6.01. The number of nitrogens with one attached hydrogen (secondary N) is 3. The quantitative estimate of drug-likeness (QED) is 0.749. The maximum atomic E-state index is 12.2. The molecule has 2 fully saturated rings. The van der Waals surface area contributed by atoms with Crippen LogP contribution in [0.15, 0.2) is 24.3 Å². The zero-order valence-corrected chi connectivity index (χ0v) is 12.8. The average Bonchev–Trinajstić information content (AvgIpc) is 2.58. The molecular formula is C16H20N4O3. The van der Waals surface area contributed by atoms with Gasteiger partial charge in [0, 0.05) is 31.0 Å². The van der Waals surface area contributed by atoms with E-state index in [1.807, 2.05) is 0 Å². The summed E-state index contributed by atoms with van der Waals surface area (Å²) in [6.07, 6.45) is 2.44. The maximum Gasteiger partial charge on any atom is 0.251 e. The lowest BCUT2D eigenvalue weighted by Gasteiger charge is -2.27. The molecule has 7 nitrogen and oxygen atoms in total. The number of amides is 3. The van der Waals surface area contributed by atoms with Gasteiger partial charge in [-0.15, -0.1) is 0 Å². The SMILES string of the molecule is O=C1CCC(=O)N(c2ccc(C(=O)NC3CCCNC3)cc2)N1. The monoisotopic (exact) mass is 316 g/mol.